The summed E-state index contributed by atoms with van der Waals surface area (Å²) in [5, 5.41) is 9.53. The smallest absolute Gasteiger partial charge is 0.329 e. The molecule has 192 valence electrons. The van der Waals surface area contributed by atoms with E-state index in [9.17, 15) is 14.4 Å². The highest BCUT2D eigenvalue weighted by Crippen LogP contribution is 2.28. The van der Waals surface area contributed by atoms with Gasteiger partial charge in [-0.1, -0.05) is 35.4 Å². The van der Waals surface area contributed by atoms with Gasteiger partial charge in [0.25, 0.3) is 5.91 Å². The molecular formula is C27H27ClN4O5. The van der Waals surface area contributed by atoms with Crippen LogP contribution in [0.1, 0.15) is 22.3 Å². The van der Waals surface area contributed by atoms with Crippen LogP contribution in [0.2, 0.25) is 5.02 Å². The van der Waals surface area contributed by atoms with Crippen molar-refractivity contribution in [1.29, 1.82) is 0 Å². The number of ether oxygens (including phenoxy) is 2. The Morgan fingerprint density at radius 1 is 0.919 bits per heavy atom. The summed E-state index contributed by atoms with van der Waals surface area (Å²) in [5.74, 6) is -1.42. The van der Waals surface area contributed by atoms with Crippen LogP contribution in [0.3, 0.4) is 0 Å². The van der Waals surface area contributed by atoms with Crippen molar-refractivity contribution < 1.29 is 23.9 Å². The summed E-state index contributed by atoms with van der Waals surface area (Å²) in [4.78, 5) is 36.4. The molecule has 3 amide bonds. The van der Waals surface area contributed by atoms with E-state index in [1.54, 1.807) is 36.4 Å². The minimum absolute atomic E-state index is 0.214. The van der Waals surface area contributed by atoms with E-state index in [-0.39, 0.29) is 12.5 Å². The fraction of sp³-hybridized carbons (Fsp3) is 0.185. The fourth-order valence-corrected chi connectivity index (χ4v) is 3.74. The number of anilines is 2. The Balaban J connectivity index is 1.55. The van der Waals surface area contributed by atoms with Gasteiger partial charge >= 0.3 is 11.8 Å². The minimum Gasteiger partial charge on any atom is -0.493 e. The molecule has 37 heavy (non-hydrogen) atoms. The molecule has 3 rings (SSSR count). The lowest BCUT2D eigenvalue weighted by atomic mass is 10.1. The normalized spacial score (nSPS) is 10.6. The number of hydrazone groups is 1. The Bertz CT molecular complexity index is 1330. The average molecular weight is 523 g/mol. The van der Waals surface area contributed by atoms with Crippen molar-refractivity contribution in [3.8, 4) is 11.5 Å². The van der Waals surface area contributed by atoms with E-state index in [0.717, 1.165) is 22.4 Å². The third kappa shape index (κ3) is 7.81. The van der Waals surface area contributed by atoms with Crippen LogP contribution in [0.25, 0.3) is 0 Å². The summed E-state index contributed by atoms with van der Waals surface area (Å²) in [5.41, 5.74) is 6.94. The van der Waals surface area contributed by atoms with Crippen LogP contribution < -0.4 is 25.5 Å². The van der Waals surface area contributed by atoms with Crippen LogP contribution in [0.4, 0.5) is 11.4 Å². The number of nitrogens with one attached hydrogen (secondary N) is 3. The minimum atomic E-state index is -0.951. The van der Waals surface area contributed by atoms with Crippen LogP contribution in [0.5, 0.6) is 11.5 Å². The average Bonchev–Trinajstić information content (AvgIpc) is 2.85. The highest BCUT2D eigenvalue weighted by atomic mass is 35.5. The lowest BCUT2D eigenvalue weighted by Gasteiger charge is -2.14. The number of carbonyl (C=O) groups excluding carboxylic acids is 3. The molecule has 0 unspecified atom stereocenters. The lowest BCUT2D eigenvalue weighted by molar-refractivity contribution is -0.136. The first-order chi connectivity index (χ1) is 17.7. The van der Waals surface area contributed by atoms with Gasteiger partial charge < -0.3 is 20.1 Å². The van der Waals surface area contributed by atoms with Crippen molar-refractivity contribution in [3.63, 3.8) is 0 Å². The standard InChI is InChI=1S/C27H27ClN4O5/c1-16-10-17(2)25(18(3)11-16)31-24(33)15-37-22-9-8-19(12-23(22)36-4)14-29-32-27(35)26(34)30-21-7-5-6-20(28)13-21/h5-14H,15H2,1-4H3,(H,30,34)(H,31,33)(H,32,35)/b29-14-. The van der Waals surface area contributed by atoms with Gasteiger partial charge in [0.15, 0.2) is 18.1 Å². The zero-order chi connectivity index (χ0) is 26.9. The number of hydrogen-bond donors (Lipinski definition) is 3. The number of hydrogen-bond acceptors (Lipinski definition) is 6. The van der Waals surface area contributed by atoms with Crippen LogP contribution in [0.15, 0.2) is 59.7 Å². The van der Waals surface area contributed by atoms with E-state index in [1.807, 2.05) is 32.9 Å². The number of halogens is 1. The Kier molecular flexibility index (Phi) is 9.23. The summed E-state index contributed by atoms with van der Waals surface area (Å²) < 4.78 is 11.0. The second-order valence-corrected chi connectivity index (χ2v) is 8.62. The van der Waals surface area contributed by atoms with Crippen molar-refractivity contribution in [2.75, 3.05) is 24.4 Å². The first-order valence-electron chi connectivity index (χ1n) is 11.2. The van der Waals surface area contributed by atoms with E-state index >= 15 is 0 Å². The Labute approximate surface area is 219 Å². The van der Waals surface area contributed by atoms with Crippen LogP contribution >= 0.6 is 11.6 Å². The van der Waals surface area contributed by atoms with E-state index in [4.69, 9.17) is 21.1 Å². The number of methoxy groups -OCH3 is 1. The lowest BCUT2D eigenvalue weighted by Crippen LogP contribution is -2.32. The first kappa shape index (κ1) is 27.2. The quantitative estimate of drug-likeness (QED) is 0.230. The molecular weight excluding hydrogens is 496 g/mol. The van der Waals surface area contributed by atoms with Gasteiger partial charge in [-0.25, -0.2) is 5.43 Å². The molecule has 0 saturated carbocycles. The van der Waals surface area contributed by atoms with E-state index in [1.165, 1.54) is 19.4 Å². The van der Waals surface area contributed by atoms with Gasteiger partial charge in [-0.05, 0) is 73.9 Å². The second-order valence-electron chi connectivity index (χ2n) is 8.18. The molecule has 3 N–H and O–H groups in total. The van der Waals surface area contributed by atoms with Gasteiger partial charge in [-0.3, -0.25) is 14.4 Å². The van der Waals surface area contributed by atoms with Gasteiger partial charge in [0.1, 0.15) is 0 Å². The second kappa shape index (κ2) is 12.5. The highest BCUT2D eigenvalue weighted by molar-refractivity contribution is 6.39. The van der Waals surface area contributed by atoms with Crippen molar-refractivity contribution in [2.45, 2.75) is 20.8 Å². The monoisotopic (exact) mass is 522 g/mol. The predicted octanol–water partition coefficient (Wildman–Crippen LogP) is 4.38. The molecule has 0 aromatic heterocycles. The van der Waals surface area contributed by atoms with Crippen LogP contribution in [-0.4, -0.2) is 37.7 Å². The summed E-state index contributed by atoms with van der Waals surface area (Å²) >= 11 is 5.86. The van der Waals surface area contributed by atoms with Crippen LogP contribution in [-0.2, 0) is 14.4 Å². The number of carbonyl (C=O) groups is 3. The predicted molar refractivity (Wildman–Crippen MR) is 144 cm³/mol. The molecule has 0 aliphatic carbocycles. The molecule has 0 bridgehead atoms. The van der Waals surface area contributed by atoms with E-state index in [0.29, 0.717) is 27.8 Å². The fourth-order valence-electron chi connectivity index (χ4n) is 3.55. The molecule has 0 spiro atoms. The molecule has 0 saturated heterocycles. The van der Waals surface area contributed by atoms with Gasteiger partial charge in [-0.15, -0.1) is 0 Å². The van der Waals surface area contributed by atoms with Crippen molar-refractivity contribution in [3.05, 3.63) is 81.9 Å². The molecule has 3 aromatic rings. The Hall–Kier alpha value is -4.37. The van der Waals surface area contributed by atoms with E-state index < -0.39 is 11.8 Å². The highest BCUT2D eigenvalue weighted by Gasteiger charge is 2.14. The maximum absolute atomic E-state index is 12.5. The van der Waals surface area contributed by atoms with Crippen molar-refractivity contribution in [2.24, 2.45) is 5.10 Å². The Morgan fingerprint density at radius 3 is 2.32 bits per heavy atom. The van der Waals surface area contributed by atoms with Gasteiger partial charge in [0.2, 0.25) is 0 Å². The van der Waals surface area contributed by atoms with Crippen molar-refractivity contribution >= 4 is 46.9 Å². The number of rotatable bonds is 8. The van der Waals surface area contributed by atoms with Gasteiger partial charge in [0.05, 0.1) is 13.3 Å². The zero-order valence-corrected chi connectivity index (χ0v) is 21.6. The number of aryl methyl sites for hydroxylation is 3. The Morgan fingerprint density at radius 2 is 1.65 bits per heavy atom. The molecule has 9 nitrogen and oxygen atoms in total. The third-order valence-corrected chi connectivity index (χ3v) is 5.39. The SMILES string of the molecule is COc1cc(/C=N\NC(=O)C(=O)Nc2cccc(Cl)c2)ccc1OCC(=O)Nc1c(C)cc(C)cc1C. The zero-order valence-electron chi connectivity index (χ0n) is 20.8. The molecule has 0 radical (unpaired) electrons. The number of amides is 3. The third-order valence-electron chi connectivity index (χ3n) is 5.16. The van der Waals surface area contributed by atoms with Gasteiger partial charge in [0, 0.05) is 16.4 Å². The number of nitrogens with zero attached hydrogens (tertiary/aromatic N) is 1. The molecule has 3 aromatic carbocycles. The summed E-state index contributed by atoms with van der Waals surface area (Å²) in [6.07, 6.45) is 1.34. The maximum Gasteiger partial charge on any atom is 0.329 e. The number of benzene rings is 3. The molecule has 0 fully saturated rings. The summed E-state index contributed by atoms with van der Waals surface area (Å²) in [6, 6.07) is 15.3. The van der Waals surface area contributed by atoms with Gasteiger partial charge in [-0.2, -0.15) is 5.10 Å². The first-order valence-corrected chi connectivity index (χ1v) is 11.6. The van der Waals surface area contributed by atoms with Crippen LogP contribution in [0, 0.1) is 20.8 Å². The maximum atomic E-state index is 12.5. The summed E-state index contributed by atoms with van der Waals surface area (Å²) in [7, 11) is 1.46. The topological polar surface area (TPSA) is 118 Å². The molecule has 0 aliphatic heterocycles. The summed E-state index contributed by atoms with van der Waals surface area (Å²) in [6.45, 7) is 5.67. The van der Waals surface area contributed by atoms with E-state index in [2.05, 4.69) is 21.2 Å². The van der Waals surface area contributed by atoms with Crippen molar-refractivity contribution in [1.82, 2.24) is 5.43 Å². The molecule has 0 atom stereocenters. The molecule has 10 heteroatoms. The molecule has 0 heterocycles. The largest absolute Gasteiger partial charge is 0.493 e. The molecule has 0 aliphatic rings.